The van der Waals surface area contributed by atoms with E-state index in [4.69, 9.17) is 40.1 Å². The number of urea groups is 1. The van der Waals surface area contributed by atoms with Gasteiger partial charge in [-0.2, -0.15) is 0 Å². The lowest BCUT2D eigenvalue weighted by Crippen LogP contribution is -2.60. The molecule has 37 nitrogen and oxygen atoms in total. The highest BCUT2D eigenvalue weighted by Gasteiger charge is 2.34. The molecule has 0 fully saturated rings. The van der Waals surface area contributed by atoms with Gasteiger partial charge in [-0.1, -0.05) is 60.7 Å². The first-order chi connectivity index (χ1) is 46.1. The monoisotopic (exact) mass is 1370 g/mol. The van der Waals surface area contributed by atoms with Gasteiger partial charge in [0.25, 0.3) is 0 Å². The number of aliphatic hydroxyl groups is 2. The van der Waals surface area contributed by atoms with Gasteiger partial charge >= 0.3 is 6.03 Å². The Bertz CT molecular complexity index is 2960. The fraction of sp³-hybridized carbons (Fsp3) is 0.550. The lowest BCUT2D eigenvalue weighted by atomic mass is 10.0. The third kappa shape index (κ3) is 34.6. The van der Waals surface area contributed by atoms with Gasteiger partial charge in [-0.25, -0.2) is 4.79 Å². The van der Waals surface area contributed by atoms with Crippen LogP contribution in [0.3, 0.4) is 0 Å². The number of nitrogens with two attached hydrogens (primary N) is 7. The molecule has 0 aliphatic heterocycles. The Hall–Kier alpha value is -10.3. The predicted octanol–water partition coefficient (Wildman–Crippen LogP) is -8.41. The molecule has 0 saturated heterocycles. The topological polar surface area (TPSA) is 626 Å². The third-order valence-electron chi connectivity index (χ3n) is 14.3. The molecule has 0 spiro atoms. The zero-order valence-electron chi connectivity index (χ0n) is 54.8. The van der Waals surface area contributed by atoms with Crippen molar-refractivity contribution in [1.29, 1.82) is 0 Å². The van der Waals surface area contributed by atoms with E-state index in [2.05, 4.69) is 79.1 Å². The highest BCUT2D eigenvalue weighted by Crippen LogP contribution is 2.10. The molecular weight excluding hydrogens is 1270 g/mol. The Labute approximate surface area is 561 Å². The summed E-state index contributed by atoms with van der Waals surface area (Å²) in [7, 11) is 0. The lowest BCUT2D eigenvalue weighted by molar-refractivity contribution is -0.136. The standard InChI is InChI=1S/C60H98N22O15/c1-34(74-46(86)32-71-57(96)48(36(3)84)82-55(94)43(28-37-16-6-4-7-17-37)76-47(87)31-70-45(85)30-73-60(97)72-29-38-18-8-5-9-19-38)50(89)78-42(23-15-27-69-59(66)67)53(92)80-40(21-11-13-25-62)54(93)81-44(33-83)56(95)75-35(2)51(90)79-41(22-14-26-68-58(64)65)52(91)77-39(49(63)88)20-10-12-24-61/h4-9,16-19,34-36,39-44,48,83-84H,10-15,20-33,61-62H2,1-3H3,(H2,63,88)(H,70,85)(H,71,96)(H,74,86)(H,75,95)(H,76,87)(H,77,91)(H,78,89)(H,79,90)(H,80,92)(H,81,93)(H,82,94)(H4,64,65,68)(H4,66,67,69)(H2,72,73,97)/t34-,35-,36+,39-,40-,41-,42-,43-,44-,48-/m0/s1. The van der Waals surface area contributed by atoms with Crippen LogP contribution in [0.2, 0.25) is 0 Å². The van der Waals surface area contributed by atoms with Crippen molar-refractivity contribution in [3.05, 3.63) is 71.8 Å². The average molecular weight is 1370 g/mol. The lowest BCUT2D eigenvalue weighted by Gasteiger charge is -2.26. The van der Waals surface area contributed by atoms with Crippen LogP contribution < -0.4 is 109 Å². The fourth-order valence-corrected chi connectivity index (χ4v) is 8.91. The van der Waals surface area contributed by atoms with Gasteiger partial charge in [0, 0.05) is 26.1 Å². The van der Waals surface area contributed by atoms with E-state index in [0.29, 0.717) is 31.4 Å². The molecule has 0 heterocycles. The van der Waals surface area contributed by atoms with Crippen LogP contribution in [0.5, 0.6) is 0 Å². The van der Waals surface area contributed by atoms with Crippen LogP contribution in [0.1, 0.15) is 96.1 Å². The minimum Gasteiger partial charge on any atom is -0.394 e. The highest BCUT2D eigenvalue weighted by atomic mass is 16.3. The van der Waals surface area contributed by atoms with E-state index in [9.17, 15) is 72.5 Å². The van der Waals surface area contributed by atoms with Crippen LogP contribution in [-0.4, -0.2) is 212 Å². The maximum atomic E-state index is 14.1. The second-order valence-electron chi connectivity index (χ2n) is 22.4. The van der Waals surface area contributed by atoms with Crippen LogP contribution in [0.4, 0.5) is 4.79 Å². The van der Waals surface area contributed by atoms with Crippen molar-refractivity contribution in [1.82, 2.24) is 69.1 Å². The van der Waals surface area contributed by atoms with Crippen molar-refractivity contribution < 1.29 is 72.5 Å². The number of aliphatic imine (C=N–C) groups is 2. The van der Waals surface area contributed by atoms with Crippen molar-refractivity contribution in [2.45, 2.75) is 158 Å². The number of unbranched alkanes of at least 4 members (excludes halogenated alkanes) is 2. The van der Waals surface area contributed by atoms with Gasteiger partial charge in [-0.05, 0) is 109 Å². The average Bonchev–Trinajstić information content (AvgIpc) is 0.893. The van der Waals surface area contributed by atoms with Gasteiger partial charge in [-0.3, -0.25) is 67.5 Å². The molecule has 37 heteroatoms. The molecular formula is C60H98N22O15. The molecule has 0 saturated carbocycles. The first-order valence-corrected chi connectivity index (χ1v) is 31.5. The molecule has 10 atom stereocenters. The molecule has 2 aromatic carbocycles. The van der Waals surface area contributed by atoms with E-state index >= 15 is 0 Å². The van der Waals surface area contributed by atoms with Crippen LogP contribution in [0.15, 0.2) is 70.6 Å². The Morgan fingerprint density at radius 3 is 1.31 bits per heavy atom. The number of guanidine groups is 2. The van der Waals surface area contributed by atoms with Gasteiger partial charge in [0.15, 0.2) is 11.9 Å². The Morgan fingerprint density at radius 2 is 0.825 bits per heavy atom. The van der Waals surface area contributed by atoms with Gasteiger partial charge in [-0.15, -0.1) is 0 Å². The van der Waals surface area contributed by atoms with Crippen LogP contribution in [0, 0.1) is 0 Å². The summed E-state index contributed by atoms with van der Waals surface area (Å²) in [5.74, 6) is -11.4. The third-order valence-corrected chi connectivity index (χ3v) is 14.3. The number of carbonyl (C=O) groups excluding carboxylic acids is 13. The summed E-state index contributed by atoms with van der Waals surface area (Å²) < 4.78 is 0. The van der Waals surface area contributed by atoms with E-state index in [0.717, 1.165) is 5.56 Å². The van der Waals surface area contributed by atoms with E-state index in [1.54, 1.807) is 54.6 Å². The molecule has 2 aromatic rings. The molecule has 97 heavy (non-hydrogen) atoms. The van der Waals surface area contributed by atoms with E-state index in [1.807, 2.05) is 6.07 Å². The van der Waals surface area contributed by atoms with Crippen molar-refractivity contribution in [3.63, 3.8) is 0 Å². The molecule has 2 rings (SSSR count). The molecule has 538 valence electrons. The molecule has 14 amide bonds. The molecule has 0 bridgehead atoms. The molecule has 0 aliphatic carbocycles. The number of amides is 14. The number of hydrogen-bond donors (Lipinski definition) is 22. The van der Waals surface area contributed by atoms with Crippen LogP contribution in [0.25, 0.3) is 0 Å². The van der Waals surface area contributed by atoms with E-state index in [1.165, 1.54) is 20.8 Å². The fourth-order valence-electron chi connectivity index (χ4n) is 8.91. The molecule has 0 aliphatic rings. The number of nitrogens with zero attached hydrogens (tertiary/aromatic N) is 2. The van der Waals surface area contributed by atoms with Crippen molar-refractivity contribution >= 4 is 88.8 Å². The maximum absolute atomic E-state index is 14.1. The highest BCUT2D eigenvalue weighted by molar-refractivity contribution is 5.99. The Morgan fingerprint density at radius 1 is 0.412 bits per heavy atom. The van der Waals surface area contributed by atoms with Gasteiger partial charge in [0.2, 0.25) is 70.9 Å². The number of hydrogen-bond acceptors (Lipinski definition) is 19. The zero-order chi connectivity index (χ0) is 72.4. The number of aliphatic hydroxyl groups excluding tert-OH is 2. The van der Waals surface area contributed by atoms with Gasteiger partial charge in [0.05, 0.1) is 32.3 Å². The second-order valence-corrected chi connectivity index (χ2v) is 22.4. The van der Waals surface area contributed by atoms with Gasteiger partial charge < -0.3 is 119 Å². The predicted molar refractivity (Wildman–Crippen MR) is 355 cm³/mol. The maximum Gasteiger partial charge on any atom is 0.315 e. The summed E-state index contributed by atoms with van der Waals surface area (Å²) in [6.45, 7) is 1.48. The molecule has 0 radical (unpaired) electrons. The van der Waals surface area contributed by atoms with E-state index < -0.39 is 164 Å². The molecule has 0 aromatic heterocycles. The molecule has 0 unspecified atom stereocenters. The second kappa shape index (κ2) is 46.0. The number of nitrogens with one attached hydrogen (secondary N) is 13. The summed E-state index contributed by atoms with van der Waals surface area (Å²) in [5, 5.41) is 52.6. The molecule has 29 N–H and O–H groups in total. The van der Waals surface area contributed by atoms with Crippen molar-refractivity contribution in [2.24, 2.45) is 50.1 Å². The van der Waals surface area contributed by atoms with Gasteiger partial charge in [0.1, 0.15) is 54.4 Å². The van der Waals surface area contributed by atoms with Crippen molar-refractivity contribution in [2.75, 3.05) is 52.4 Å². The minimum atomic E-state index is -1.73. The van der Waals surface area contributed by atoms with E-state index in [-0.39, 0.29) is 89.5 Å². The number of primary amides is 1. The Kier molecular flexibility index (Phi) is 39.2. The largest absolute Gasteiger partial charge is 0.394 e. The summed E-state index contributed by atoms with van der Waals surface area (Å²) in [6, 6.07) is 3.83. The summed E-state index contributed by atoms with van der Waals surface area (Å²) >= 11 is 0. The number of rotatable bonds is 46. The summed E-state index contributed by atoms with van der Waals surface area (Å²) in [6.07, 6.45) is 0.0587. The quantitative estimate of drug-likeness (QED) is 0.0166. The summed E-state index contributed by atoms with van der Waals surface area (Å²) in [5.41, 5.74) is 40.0. The zero-order valence-corrected chi connectivity index (χ0v) is 54.8. The van der Waals surface area contributed by atoms with Crippen LogP contribution >= 0.6 is 0 Å². The first kappa shape index (κ1) is 82.8. The minimum absolute atomic E-state index is 0.0231. The number of carbonyl (C=O) groups is 13. The van der Waals surface area contributed by atoms with Crippen LogP contribution in [-0.2, 0) is 70.5 Å². The van der Waals surface area contributed by atoms with Crippen molar-refractivity contribution in [3.8, 4) is 0 Å². The Balaban J connectivity index is 2.17. The SMILES string of the molecule is C[C@H](NC(=O)CNC(=O)[C@@H](NC(=O)[C@H](Cc1ccccc1)NC(=O)CNC(=O)CNC(=O)NCc1ccccc1)[C@@H](C)O)C(=O)N[C@@H](CCCN=C(N)N)C(=O)N[C@@H](CCCCN)C(=O)N[C@@H](CO)C(=O)N[C@@H](C)C(=O)N[C@@H](CCCN=C(N)N)C(=O)N[C@@H](CCCCN)C(N)=O. The number of benzene rings is 2. The summed E-state index contributed by atoms with van der Waals surface area (Å²) in [4.78, 5) is 181. The normalized spacial score (nSPS) is 13.8. The first-order valence-electron chi connectivity index (χ1n) is 31.5. The smallest absolute Gasteiger partial charge is 0.315 e.